The van der Waals surface area contributed by atoms with E-state index < -0.39 is 0 Å². The Morgan fingerprint density at radius 2 is 2.20 bits per heavy atom. The lowest BCUT2D eigenvalue weighted by Crippen LogP contribution is -2.00. The third-order valence-electron chi connectivity index (χ3n) is 1.40. The van der Waals surface area contributed by atoms with Crippen LogP contribution in [0.1, 0.15) is 32.6 Å². The average Bonchev–Trinajstić information content (AvgIpc) is 1.89. The Morgan fingerprint density at radius 3 is 2.70 bits per heavy atom. The van der Waals surface area contributed by atoms with Gasteiger partial charge in [-0.05, 0) is 10.5 Å². The monoisotopic (exact) mass is 254 g/mol. The molecule has 1 nitrogen and oxygen atoms in total. The van der Waals surface area contributed by atoms with Crippen LogP contribution >= 0.6 is 22.6 Å². The van der Waals surface area contributed by atoms with Crippen LogP contribution in [0, 0.1) is 0 Å². The van der Waals surface area contributed by atoms with Gasteiger partial charge >= 0.3 is 0 Å². The maximum Gasteiger partial charge on any atom is 0.0728 e. The number of aliphatic hydroxyl groups excluding tert-OH is 1. The van der Waals surface area contributed by atoms with Gasteiger partial charge in [-0.3, -0.25) is 0 Å². The fourth-order valence-corrected chi connectivity index (χ4v) is 1.26. The van der Waals surface area contributed by atoms with Crippen molar-refractivity contribution in [1.82, 2.24) is 0 Å². The fourth-order valence-electron chi connectivity index (χ4n) is 0.784. The fraction of sp³-hybridized carbons (Fsp3) is 0.750. The molecule has 0 radical (unpaired) electrons. The van der Waals surface area contributed by atoms with Crippen LogP contribution in [0.5, 0.6) is 0 Å². The Labute approximate surface area is 76.7 Å². The second-order valence-corrected chi connectivity index (χ2v) is 3.10. The summed E-state index contributed by atoms with van der Waals surface area (Å²) in [4.78, 5) is 0. The lowest BCUT2D eigenvalue weighted by Gasteiger charge is -2.02. The van der Waals surface area contributed by atoms with E-state index in [9.17, 15) is 5.11 Å². The minimum Gasteiger partial charge on any atom is -0.389 e. The molecule has 0 saturated carbocycles. The maximum atomic E-state index is 9.18. The first-order valence-corrected chi connectivity index (χ1v) is 5.00. The van der Waals surface area contributed by atoms with Gasteiger partial charge in [0.15, 0.2) is 0 Å². The molecule has 0 rings (SSSR count). The first-order valence-electron chi connectivity index (χ1n) is 3.76. The van der Waals surface area contributed by atoms with E-state index in [1.54, 1.807) is 0 Å². The quantitative estimate of drug-likeness (QED) is 0.590. The van der Waals surface area contributed by atoms with Crippen molar-refractivity contribution in [3.05, 3.63) is 10.2 Å². The molecule has 0 aromatic rings. The normalized spacial score (nSPS) is 14.3. The highest BCUT2D eigenvalue weighted by Gasteiger charge is 1.96. The van der Waals surface area contributed by atoms with Crippen molar-refractivity contribution in [3.8, 4) is 0 Å². The summed E-state index contributed by atoms with van der Waals surface area (Å²) in [6, 6.07) is 0. The molecule has 2 heteroatoms. The number of unbranched alkanes of at least 4 members (excludes halogenated alkanes) is 2. The molecule has 0 aromatic heterocycles. The minimum absolute atomic E-state index is 0.219. The predicted molar refractivity (Wildman–Crippen MR) is 53.3 cm³/mol. The topological polar surface area (TPSA) is 20.2 Å². The zero-order valence-electron chi connectivity index (χ0n) is 6.39. The van der Waals surface area contributed by atoms with E-state index in [1.807, 2.05) is 10.2 Å². The molecule has 0 aliphatic rings. The van der Waals surface area contributed by atoms with E-state index in [1.165, 1.54) is 12.8 Å². The number of hydrogen-bond donors (Lipinski definition) is 1. The Balaban J connectivity index is 3.13. The molecule has 0 fully saturated rings. The molecule has 0 saturated heterocycles. The van der Waals surface area contributed by atoms with Crippen LogP contribution in [0.3, 0.4) is 0 Å². The molecule has 60 valence electrons. The van der Waals surface area contributed by atoms with Gasteiger partial charge in [0.05, 0.1) is 6.10 Å². The Hall–Kier alpha value is 0.430. The second kappa shape index (κ2) is 7.54. The average molecular weight is 254 g/mol. The largest absolute Gasteiger partial charge is 0.389 e. The zero-order valence-corrected chi connectivity index (χ0v) is 8.54. The lowest BCUT2D eigenvalue weighted by molar-refractivity contribution is 0.208. The van der Waals surface area contributed by atoms with Crippen molar-refractivity contribution in [2.75, 3.05) is 0 Å². The molecule has 0 aromatic carbocycles. The van der Waals surface area contributed by atoms with Crippen LogP contribution in [0.2, 0.25) is 0 Å². The zero-order chi connectivity index (χ0) is 7.82. The van der Waals surface area contributed by atoms with Crippen molar-refractivity contribution >= 4 is 22.6 Å². The van der Waals surface area contributed by atoms with Crippen LogP contribution in [0.15, 0.2) is 10.2 Å². The summed E-state index contributed by atoms with van der Waals surface area (Å²) < 4.78 is 1.87. The highest BCUT2D eigenvalue weighted by Crippen LogP contribution is 2.04. The first-order chi connectivity index (χ1) is 4.81. The number of halogens is 1. The van der Waals surface area contributed by atoms with Gasteiger partial charge in [0.1, 0.15) is 0 Å². The van der Waals surface area contributed by atoms with Gasteiger partial charge in [0, 0.05) is 0 Å². The van der Waals surface area contributed by atoms with Crippen LogP contribution in [-0.4, -0.2) is 11.2 Å². The third-order valence-corrected chi connectivity index (χ3v) is 1.81. The van der Waals surface area contributed by atoms with Gasteiger partial charge in [-0.2, -0.15) is 0 Å². The van der Waals surface area contributed by atoms with Crippen molar-refractivity contribution < 1.29 is 5.11 Å². The molecule has 0 heterocycles. The van der Waals surface area contributed by atoms with Gasteiger partial charge < -0.3 is 5.11 Å². The number of aliphatic hydroxyl groups is 1. The van der Waals surface area contributed by atoms with E-state index >= 15 is 0 Å². The molecule has 1 N–H and O–H groups in total. The predicted octanol–water partition coefficient (Wildman–Crippen LogP) is 2.88. The second-order valence-electron chi connectivity index (χ2n) is 2.38. The van der Waals surface area contributed by atoms with E-state index in [0.29, 0.717) is 0 Å². The van der Waals surface area contributed by atoms with Gasteiger partial charge in [-0.1, -0.05) is 54.9 Å². The smallest absolute Gasteiger partial charge is 0.0728 e. The van der Waals surface area contributed by atoms with Crippen molar-refractivity contribution in [2.45, 2.75) is 38.7 Å². The number of rotatable bonds is 5. The summed E-state index contributed by atoms with van der Waals surface area (Å²) in [5.41, 5.74) is 0. The van der Waals surface area contributed by atoms with Crippen LogP contribution < -0.4 is 0 Å². The molecule has 0 bridgehead atoms. The molecule has 10 heavy (non-hydrogen) atoms. The summed E-state index contributed by atoms with van der Waals surface area (Å²) in [6.07, 6.45) is 6.11. The van der Waals surface area contributed by atoms with E-state index in [-0.39, 0.29) is 6.10 Å². The number of hydrogen-bond acceptors (Lipinski definition) is 1. The lowest BCUT2D eigenvalue weighted by atomic mass is 10.1. The summed E-state index contributed by atoms with van der Waals surface area (Å²) >= 11 is 2.12. The van der Waals surface area contributed by atoms with Crippen LogP contribution in [0.25, 0.3) is 0 Å². The maximum absolute atomic E-state index is 9.18. The summed E-state index contributed by atoms with van der Waals surface area (Å²) in [7, 11) is 0. The highest BCUT2D eigenvalue weighted by molar-refractivity contribution is 14.1. The molecule has 0 spiro atoms. The van der Waals surface area contributed by atoms with Crippen LogP contribution in [0.4, 0.5) is 0 Å². The van der Waals surface area contributed by atoms with E-state index in [0.717, 1.165) is 12.8 Å². The van der Waals surface area contributed by atoms with Gasteiger partial charge in [0.25, 0.3) is 0 Å². The Morgan fingerprint density at radius 1 is 1.50 bits per heavy atom. The van der Waals surface area contributed by atoms with Gasteiger partial charge in [-0.15, -0.1) is 0 Å². The van der Waals surface area contributed by atoms with Crippen molar-refractivity contribution in [2.24, 2.45) is 0 Å². The molecule has 0 aliphatic carbocycles. The highest BCUT2D eigenvalue weighted by atomic mass is 127. The Bertz CT molecular complexity index is 91.3. The van der Waals surface area contributed by atoms with Crippen molar-refractivity contribution in [3.63, 3.8) is 0 Å². The molecular weight excluding hydrogens is 239 g/mol. The van der Waals surface area contributed by atoms with Crippen molar-refractivity contribution in [1.29, 1.82) is 0 Å². The molecule has 1 atom stereocenters. The molecule has 0 unspecified atom stereocenters. The molecular formula is C8H15IO. The first kappa shape index (κ1) is 10.4. The van der Waals surface area contributed by atoms with Crippen LogP contribution in [-0.2, 0) is 0 Å². The van der Waals surface area contributed by atoms with Gasteiger partial charge in [0.2, 0.25) is 0 Å². The SMILES string of the molecule is CCCCC[C@@H](O)/C=C/I. The standard InChI is InChI=1S/C8H15IO/c1-2-3-4-5-8(10)6-7-9/h6-8,10H,2-5H2,1H3/b7-6+/t8-/m1/s1. The van der Waals surface area contributed by atoms with Gasteiger partial charge in [-0.25, -0.2) is 0 Å². The minimum atomic E-state index is -0.219. The van der Waals surface area contributed by atoms with E-state index in [4.69, 9.17) is 0 Å². The van der Waals surface area contributed by atoms with E-state index in [2.05, 4.69) is 29.5 Å². The molecule has 0 aliphatic heterocycles. The Kier molecular flexibility index (Phi) is 7.86. The summed E-state index contributed by atoms with van der Waals surface area (Å²) in [5.74, 6) is 0. The summed E-state index contributed by atoms with van der Waals surface area (Å²) in [6.45, 7) is 2.17. The third kappa shape index (κ3) is 6.55. The molecule has 0 amide bonds. The summed E-state index contributed by atoms with van der Waals surface area (Å²) in [5, 5.41) is 9.18.